The third-order valence-corrected chi connectivity index (χ3v) is 3.63. The second-order valence-corrected chi connectivity index (χ2v) is 5.01. The molecule has 1 fully saturated rings. The molecular weight excluding hydrogens is 253 g/mol. The van der Waals surface area contributed by atoms with E-state index in [0.717, 1.165) is 19.3 Å². The van der Waals surface area contributed by atoms with Crippen LogP contribution in [0, 0.1) is 5.82 Å². The zero-order valence-corrected chi connectivity index (χ0v) is 11.0. The molecule has 0 aliphatic heterocycles. The third-order valence-electron chi connectivity index (χ3n) is 3.46. The third kappa shape index (κ3) is 3.02. The second-order valence-electron chi connectivity index (χ2n) is 4.63. The molecule has 0 bridgehead atoms. The van der Waals surface area contributed by atoms with Crippen molar-refractivity contribution in [2.24, 2.45) is 0 Å². The van der Waals surface area contributed by atoms with Gasteiger partial charge in [0, 0.05) is 18.5 Å². The molecule has 2 nitrogen and oxygen atoms in total. The van der Waals surface area contributed by atoms with Crippen molar-refractivity contribution in [3.8, 4) is 0 Å². The molecule has 0 aromatic heterocycles. The van der Waals surface area contributed by atoms with E-state index in [1.54, 1.807) is 18.2 Å². The number of alkyl halides is 1. The molecule has 0 N–H and O–H groups in total. The molecule has 18 heavy (non-hydrogen) atoms. The summed E-state index contributed by atoms with van der Waals surface area (Å²) in [7, 11) is 0. The van der Waals surface area contributed by atoms with Gasteiger partial charge in [-0.2, -0.15) is 0 Å². The summed E-state index contributed by atoms with van der Waals surface area (Å²) in [5, 5.41) is 0. The van der Waals surface area contributed by atoms with E-state index >= 15 is 0 Å². The first kappa shape index (κ1) is 13.3. The first-order valence-corrected chi connectivity index (χ1v) is 6.84. The van der Waals surface area contributed by atoms with Crippen LogP contribution in [0.1, 0.15) is 24.8 Å². The first-order valence-electron chi connectivity index (χ1n) is 6.31. The molecule has 0 heterocycles. The van der Waals surface area contributed by atoms with Crippen LogP contribution in [0.3, 0.4) is 0 Å². The largest absolute Gasteiger partial charge is 0.338 e. The van der Waals surface area contributed by atoms with Gasteiger partial charge in [0.15, 0.2) is 0 Å². The van der Waals surface area contributed by atoms with Gasteiger partial charge in [0.2, 0.25) is 5.91 Å². The average Bonchev–Trinajstić information content (AvgIpc) is 2.29. The summed E-state index contributed by atoms with van der Waals surface area (Å²) in [6, 6.07) is 6.74. The first-order chi connectivity index (χ1) is 8.72. The van der Waals surface area contributed by atoms with Crippen molar-refractivity contribution >= 4 is 17.5 Å². The Balaban J connectivity index is 2.02. The summed E-state index contributed by atoms with van der Waals surface area (Å²) < 4.78 is 13.5. The summed E-state index contributed by atoms with van der Waals surface area (Å²) in [5.74, 6) is 0.0928. The summed E-state index contributed by atoms with van der Waals surface area (Å²) in [4.78, 5) is 14.0. The lowest BCUT2D eigenvalue weighted by Crippen LogP contribution is -2.46. The Morgan fingerprint density at radius 1 is 1.39 bits per heavy atom. The van der Waals surface area contributed by atoms with E-state index in [1.807, 2.05) is 4.90 Å². The molecular formula is C14H17ClFNO. The fraction of sp³-hybridized carbons (Fsp3) is 0.500. The normalized spacial score (nSPS) is 15.2. The van der Waals surface area contributed by atoms with Gasteiger partial charge in [-0.3, -0.25) is 4.79 Å². The number of carbonyl (C=O) groups excluding carboxylic acids is 1. The molecule has 0 unspecified atom stereocenters. The SMILES string of the molecule is O=C(Cc1ccccc1F)N(CCCl)C1CCC1. The van der Waals surface area contributed by atoms with Gasteiger partial charge in [-0.25, -0.2) is 4.39 Å². The predicted molar refractivity (Wildman–Crippen MR) is 70.2 cm³/mol. The Labute approximate surface area is 112 Å². The highest BCUT2D eigenvalue weighted by atomic mass is 35.5. The van der Waals surface area contributed by atoms with Gasteiger partial charge in [-0.05, 0) is 30.9 Å². The number of halogens is 2. The summed E-state index contributed by atoms with van der Waals surface area (Å²) in [6.07, 6.45) is 3.37. The van der Waals surface area contributed by atoms with Gasteiger partial charge in [0.05, 0.1) is 6.42 Å². The van der Waals surface area contributed by atoms with E-state index in [-0.39, 0.29) is 18.1 Å². The summed E-state index contributed by atoms with van der Waals surface area (Å²) in [5.41, 5.74) is 0.460. The minimum absolute atomic E-state index is 0.0227. The molecule has 0 atom stereocenters. The quantitative estimate of drug-likeness (QED) is 0.753. The number of nitrogens with zero attached hydrogens (tertiary/aromatic N) is 1. The molecule has 0 spiro atoms. The highest BCUT2D eigenvalue weighted by molar-refractivity contribution is 6.18. The van der Waals surface area contributed by atoms with Crippen LogP contribution >= 0.6 is 11.6 Å². The van der Waals surface area contributed by atoms with Crippen molar-refractivity contribution in [3.63, 3.8) is 0 Å². The average molecular weight is 270 g/mol. The van der Waals surface area contributed by atoms with Gasteiger partial charge in [-0.1, -0.05) is 18.2 Å². The zero-order valence-electron chi connectivity index (χ0n) is 10.2. The number of benzene rings is 1. The number of amides is 1. The summed E-state index contributed by atoms with van der Waals surface area (Å²) >= 11 is 5.73. The highest BCUT2D eigenvalue weighted by Gasteiger charge is 2.28. The van der Waals surface area contributed by atoms with Crippen LogP contribution in [0.25, 0.3) is 0 Å². The van der Waals surface area contributed by atoms with Crippen molar-refractivity contribution in [2.45, 2.75) is 31.7 Å². The molecule has 0 saturated heterocycles. The molecule has 1 aliphatic carbocycles. The van der Waals surface area contributed by atoms with Gasteiger partial charge in [0.25, 0.3) is 0 Å². The van der Waals surface area contributed by atoms with Crippen molar-refractivity contribution < 1.29 is 9.18 Å². The molecule has 1 aromatic rings. The monoisotopic (exact) mass is 269 g/mol. The smallest absolute Gasteiger partial charge is 0.227 e. The van der Waals surface area contributed by atoms with Crippen molar-refractivity contribution in [1.29, 1.82) is 0 Å². The Bertz CT molecular complexity index is 420. The van der Waals surface area contributed by atoms with E-state index in [0.29, 0.717) is 24.0 Å². The van der Waals surface area contributed by atoms with E-state index < -0.39 is 0 Å². The fourth-order valence-corrected chi connectivity index (χ4v) is 2.39. The maximum absolute atomic E-state index is 13.5. The van der Waals surface area contributed by atoms with Crippen LogP contribution in [0.2, 0.25) is 0 Å². The van der Waals surface area contributed by atoms with Crippen LogP contribution in [0.5, 0.6) is 0 Å². The van der Waals surface area contributed by atoms with Crippen molar-refractivity contribution in [2.75, 3.05) is 12.4 Å². The van der Waals surface area contributed by atoms with Crippen molar-refractivity contribution in [1.82, 2.24) is 4.90 Å². The van der Waals surface area contributed by atoms with Crippen LogP contribution in [0.15, 0.2) is 24.3 Å². The number of hydrogen-bond acceptors (Lipinski definition) is 1. The Morgan fingerprint density at radius 3 is 2.67 bits per heavy atom. The lowest BCUT2D eigenvalue weighted by Gasteiger charge is -2.37. The number of hydrogen-bond donors (Lipinski definition) is 0. The van der Waals surface area contributed by atoms with E-state index in [9.17, 15) is 9.18 Å². The molecule has 4 heteroatoms. The summed E-state index contributed by atoms with van der Waals surface area (Å²) in [6.45, 7) is 0.555. The fourth-order valence-electron chi connectivity index (χ4n) is 2.21. The lowest BCUT2D eigenvalue weighted by atomic mass is 9.91. The van der Waals surface area contributed by atoms with Crippen LogP contribution < -0.4 is 0 Å². The van der Waals surface area contributed by atoms with Crippen molar-refractivity contribution in [3.05, 3.63) is 35.6 Å². The van der Waals surface area contributed by atoms with Gasteiger partial charge >= 0.3 is 0 Å². The van der Waals surface area contributed by atoms with Crippen LogP contribution in [-0.2, 0) is 11.2 Å². The Kier molecular flexibility index (Phi) is 4.59. The topological polar surface area (TPSA) is 20.3 Å². The minimum Gasteiger partial charge on any atom is -0.338 e. The zero-order chi connectivity index (χ0) is 13.0. The Hall–Kier alpha value is -1.09. The number of rotatable bonds is 5. The molecule has 98 valence electrons. The van der Waals surface area contributed by atoms with Gasteiger partial charge in [0.1, 0.15) is 5.82 Å². The molecule has 2 rings (SSSR count). The van der Waals surface area contributed by atoms with Gasteiger partial charge < -0.3 is 4.90 Å². The van der Waals surface area contributed by atoms with Gasteiger partial charge in [-0.15, -0.1) is 11.6 Å². The molecule has 1 saturated carbocycles. The predicted octanol–water partition coefficient (Wildman–Crippen LogP) is 2.99. The lowest BCUT2D eigenvalue weighted by molar-refractivity contribution is -0.134. The molecule has 1 amide bonds. The standard InChI is InChI=1S/C14H17ClFNO/c15-8-9-17(12-5-3-6-12)14(18)10-11-4-1-2-7-13(11)16/h1-2,4,7,12H,3,5-6,8-10H2. The van der Waals surface area contributed by atoms with Crippen LogP contribution in [-0.4, -0.2) is 29.3 Å². The maximum atomic E-state index is 13.5. The highest BCUT2D eigenvalue weighted by Crippen LogP contribution is 2.25. The molecule has 1 aromatic carbocycles. The minimum atomic E-state index is -0.315. The Morgan fingerprint density at radius 2 is 2.11 bits per heavy atom. The van der Waals surface area contributed by atoms with E-state index in [1.165, 1.54) is 6.07 Å². The molecule has 1 aliphatic rings. The van der Waals surface area contributed by atoms with E-state index in [2.05, 4.69) is 0 Å². The number of carbonyl (C=O) groups is 1. The van der Waals surface area contributed by atoms with E-state index in [4.69, 9.17) is 11.6 Å². The maximum Gasteiger partial charge on any atom is 0.227 e. The van der Waals surface area contributed by atoms with Crippen LogP contribution in [0.4, 0.5) is 4.39 Å². The second kappa shape index (κ2) is 6.19. The molecule has 0 radical (unpaired) electrons.